The topological polar surface area (TPSA) is 90.5 Å². The van der Waals surface area contributed by atoms with Gasteiger partial charge in [0.2, 0.25) is 0 Å². The van der Waals surface area contributed by atoms with E-state index in [9.17, 15) is 0 Å². The van der Waals surface area contributed by atoms with Crippen LogP contribution in [0.5, 0.6) is 5.75 Å². The number of hydrogen-bond donors (Lipinski definition) is 3. The van der Waals surface area contributed by atoms with Gasteiger partial charge in [-0.15, -0.1) is 0 Å². The zero-order valence-electron chi connectivity index (χ0n) is 10.3. The van der Waals surface area contributed by atoms with E-state index in [1.54, 1.807) is 35.5 Å². The van der Waals surface area contributed by atoms with Gasteiger partial charge in [-0.3, -0.25) is 0 Å². The molecule has 5 heteroatoms. The second-order valence-electron chi connectivity index (χ2n) is 4.10. The lowest BCUT2D eigenvalue weighted by atomic mass is 10.3. The Morgan fingerprint density at radius 1 is 1.35 bits per heavy atom. The molecule has 1 rings (SSSR count). The number of hydrazine groups is 1. The molecule has 0 spiro atoms. The first kappa shape index (κ1) is 13.2. The molecule has 17 heavy (non-hydrogen) atoms. The van der Waals surface area contributed by atoms with Crippen molar-refractivity contribution >= 4 is 5.69 Å². The number of hydrogen-bond acceptors (Lipinski definition) is 5. The molecule has 0 saturated carbocycles. The molecule has 1 aromatic rings. The van der Waals surface area contributed by atoms with Crippen molar-refractivity contribution in [1.82, 2.24) is 5.01 Å². The van der Waals surface area contributed by atoms with E-state index in [1.165, 1.54) is 0 Å². The number of rotatable bonds is 5. The van der Waals surface area contributed by atoms with Crippen molar-refractivity contribution in [3.05, 3.63) is 36.2 Å². The molecule has 0 fully saturated rings. The predicted molar refractivity (Wildman–Crippen MR) is 69.8 cm³/mol. The summed E-state index contributed by atoms with van der Waals surface area (Å²) < 4.78 is 5.47. The molecular formula is C12H20N4O. The normalized spacial score (nSPS) is 11.6. The fourth-order valence-electron chi connectivity index (χ4n) is 1.11. The number of nitrogens with two attached hydrogens (primary N) is 3. The summed E-state index contributed by atoms with van der Waals surface area (Å²) in [5.74, 6) is 6.44. The molecule has 6 N–H and O–H groups in total. The fourth-order valence-corrected chi connectivity index (χ4v) is 1.11. The summed E-state index contributed by atoms with van der Waals surface area (Å²) in [5.41, 5.74) is 12.6. The van der Waals surface area contributed by atoms with Crippen LogP contribution >= 0.6 is 0 Å². The third kappa shape index (κ3) is 4.65. The molecular weight excluding hydrogens is 216 g/mol. The van der Waals surface area contributed by atoms with Crippen LogP contribution in [0.1, 0.15) is 13.8 Å². The minimum atomic E-state index is 0.199. The number of ether oxygens (including phenoxy) is 1. The molecule has 0 radical (unpaired) electrons. The van der Waals surface area contributed by atoms with Crippen LogP contribution in [0, 0.1) is 0 Å². The maximum atomic E-state index is 5.78. The Morgan fingerprint density at radius 3 is 2.47 bits per heavy atom. The van der Waals surface area contributed by atoms with Crippen molar-refractivity contribution in [3.8, 4) is 5.75 Å². The van der Waals surface area contributed by atoms with Gasteiger partial charge in [0.15, 0.2) is 0 Å². The highest BCUT2D eigenvalue weighted by molar-refractivity contribution is 5.41. The molecule has 0 atom stereocenters. The lowest BCUT2D eigenvalue weighted by molar-refractivity contribution is 0.306. The van der Waals surface area contributed by atoms with E-state index in [0.717, 1.165) is 5.75 Å². The summed E-state index contributed by atoms with van der Waals surface area (Å²) in [6.07, 6.45) is 1.67. The quantitative estimate of drug-likeness (QED) is 0.403. The highest BCUT2D eigenvalue weighted by atomic mass is 16.5. The van der Waals surface area contributed by atoms with Crippen molar-refractivity contribution in [3.63, 3.8) is 0 Å². The third-order valence-corrected chi connectivity index (χ3v) is 2.20. The van der Waals surface area contributed by atoms with E-state index < -0.39 is 0 Å². The van der Waals surface area contributed by atoms with Gasteiger partial charge in [-0.2, -0.15) is 0 Å². The van der Waals surface area contributed by atoms with Gasteiger partial charge in [0.1, 0.15) is 12.4 Å². The van der Waals surface area contributed by atoms with E-state index in [4.69, 9.17) is 22.0 Å². The Hall–Kier alpha value is -1.88. The zero-order chi connectivity index (χ0) is 12.8. The summed E-state index contributed by atoms with van der Waals surface area (Å²) in [7, 11) is 0. The molecule has 0 aliphatic heterocycles. The largest absolute Gasteiger partial charge is 0.487 e. The van der Waals surface area contributed by atoms with Gasteiger partial charge in [-0.1, -0.05) is 0 Å². The van der Waals surface area contributed by atoms with Crippen LogP contribution in [0.2, 0.25) is 0 Å². The molecule has 0 saturated heterocycles. The Kier molecular flexibility index (Phi) is 4.66. The summed E-state index contributed by atoms with van der Waals surface area (Å²) in [5, 5.41) is 1.54. The summed E-state index contributed by atoms with van der Waals surface area (Å²) in [6.45, 7) is 4.25. The molecule has 1 aromatic carbocycles. The van der Waals surface area contributed by atoms with E-state index in [2.05, 4.69) is 0 Å². The summed E-state index contributed by atoms with van der Waals surface area (Å²) in [4.78, 5) is 0. The van der Waals surface area contributed by atoms with Crippen LogP contribution in [-0.4, -0.2) is 17.7 Å². The second kappa shape index (κ2) is 6.00. The predicted octanol–water partition coefficient (Wildman–Crippen LogP) is 1.03. The molecule has 94 valence electrons. The molecule has 0 bridgehead atoms. The minimum absolute atomic E-state index is 0.199. The smallest absolute Gasteiger partial charge is 0.129 e. The van der Waals surface area contributed by atoms with Gasteiger partial charge in [-0.25, -0.2) is 5.84 Å². The molecule has 0 aliphatic rings. The molecule has 0 aromatic heterocycles. The molecule has 0 amide bonds. The van der Waals surface area contributed by atoms with Gasteiger partial charge in [0.05, 0.1) is 5.70 Å². The van der Waals surface area contributed by atoms with Crippen LogP contribution in [0.25, 0.3) is 0 Å². The highest BCUT2D eigenvalue weighted by Gasteiger charge is 2.01. The first-order valence-electron chi connectivity index (χ1n) is 5.46. The Labute approximate surface area is 102 Å². The van der Waals surface area contributed by atoms with Gasteiger partial charge in [0, 0.05) is 17.9 Å². The number of benzene rings is 1. The van der Waals surface area contributed by atoms with Crippen LogP contribution in [-0.2, 0) is 0 Å². The van der Waals surface area contributed by atoms with E-state index >= 15 is 0 Å². The van der Waals surface area contributed by atoms with Crippen molar-refractivity contribution in [2.24, 2.45) is 11.6 Å². The standard InChI is InChI=1S/C12H20N4O/c1-9(2)16(15)7-11(14)8-17-12-5-3-10(13)4-6-12/h3-7,9H,8,13-15H2,1-2H3/b11-7-. The number of nitrogens with zero attached hydrogens (tertiary/aromatic N) is 1. The van der Waals surface area contributed by atoms with Gasteiger partial charge in [0.25, 0.3) is 0 Å². The average molecular weight is 236 g/mol. The Bertz CT molecular complexity index is 373. The van der Waals surface area contributed by atoms with E-state index in [1.807, 2.05) is 13.8 Å². The number of anilines is 1. The second-order valence-corrected chi connectivity index (χ2v) is 4.10. The lowest BCUT2D eigenvalue weighted by Crippen LogP contribution is -2.33. The van der Waals surface area contributed by atoms with Crippen molar-refractivity contribution in [2.45, 2.75) is 19.9 Å². The van der Waals surface area contributed by atoms with Crippen molar-refractivity contribution < 1.29 is 4.74 Å². The molecule has 0 aliphatic carbocycles. The maximum Gasteiger partial charge on any atom is 0.129 e. The molecule has 0 heterocycles. The average Bonchev–Trinajstić information content (AvgIpc) is 2.28. The summed E-state index contributed by atoms with van der Waals surface area (Å²) in [6, 6.07) is 7.35. The SMILES string of the molecule is CC(C)N(N)/C=C(\N)COc1ccc(N)cc1. The fraction of sp³-hybridized carbons (Fsp3) is 0.333. The van der Waals surface area contributed by atoms with Crippen LogP contribution in [0.4, 0.5) is 5.69 Å². The zero-order valence-corrected chi connectivity index (χ0v) is 10.3. The van der Waals surface area contributed by atoms with Gasteiger partial charge in [-0.05, 0) is 38.1 Å². The van der Waals surface area contributed by atoms with Crippen LogP contribution in [0.3, 0.4) is 0 Å². The third-order valence-electron chi connectivity index (χ3n) is 2.20. The van der Waals surface area contributed by atoms with Crippen LogP contribution in [0.15, 0.2) is 36.2 Å². The first-order chi connectivity index (χ1) is 7.99. The Balaban J connectivity index is 2.48. The lowest BCUT2D eigenvalue weighted by Gasteiger charge is -2.19. The maximum absolute atomic E-state index is 5.78. The van der Waals surface area contributed by atoms with Crippen molar-refractivity contribution in [1.29, 1.82) is 0 Å². The van der Waals surface area contributed by atoms with E-state index in [0.29, 0.717) is 18.0 Å². The molecule has 0 unspecified atom stereocenters. The Morgan fingerprint density at radius 2 is 1.94 bits per heavy atom. The minimum Gasteiger partial charge on any atom is -0.487 e. The van der Waals surface area contributed by atoms with E-state index in [-0.39, 0.29) is 6.04 Å². The van der Waals surface area contributed by atoms with Crippen molar-refractivity contribution in [2.75, 3.05) is 12.3 Å². The van der Waals surface area contributed by atoms with Gasteiger partial charge >= 0.3 is 0 Å². The van der Waals surface area contributed by atoms with Gasteiger partial charge < -0.3 is 21.2 Å². The molecule has 5 nitrogen and oxygen atoms in total. The first-order valence-corrected chi connectivity index (χ1v) is 5.46. The monoisotopic (exact) mass is 236 g/mol. The van der Waals surface area contributed by atoms with Crippen LogP contribution < -0.4 is 22.0 Å². The highest BCUT2D eigenvalue weighted by Crippen LogP contribution is 2.13. The summed E-state index contributed by atoms with van der Waals surface area (Å²) >= 11 is 0. The number of nitrogen functional groups attached to an aromatic ring is 1.